The van der Waals surface area contributed by atoms with Crippen molar-refractivity contribution in [1.29, 1.82) is 0 Å². The third-order valence-corrected chi connectivity index (χ3v) is 5.48. The molecule has 10 nitrogen and oxygen atoms in total. The number of ether oxygens (including phenoxy) is 7. The fraction of sp³-hybridized carbons (Fsp3) is 0.875. The van der Waals surface area contributed by atoms with E-state index in [1.807, 2.05) is 0 Å². The number of hydrogen-bond donors (Lipinski definition) is 0. The summed E-state index contributed by atoms with van der Waals surface area (Å²) in [6, 6.07) is 0. The van der Waals surface area contributed by atoms with Gasteiger partial charge < -0.3 is 33.2 Å². The van der Waals surface area contributed by atoms with Crippen LogP contribution in [0.2, 0.25) is 0 Å². The van der Waals surface area contributed by atoms with E-state index in [0.29, 0.717) is 0 Å². The Hall–Kier alpha value is -1.75. The zero-order valence-electron chi connectivity index (χ0n) is 22.0. The van der Waals surface area contributed by atoms with E-state index in [1.54, 1.807) is 62.3 Å². The van der Waals surface area contributed by atoms with Gasteiger partial charge in [0.05, 0.1) is 23.5 Å². The number of hydrogen-bond acceptors (Lipinski definition) is 10. The van der Waals surface area contributed by atoms with Crippen LogP contribution >= 0.6 is 0 Å². The van der Waals surface area contributed by atoms with Crippen LogP contribution < -0.4 is 0 Å². The molecule has 0 bridgehead atoms. The van der Waals surface area contributed by atoms with Gasteiger partial charge in [-0.3, -0.25) is 9.59 Å². The lowest BCUT2D eigenvalue weighted by molar-refractivity contribution is -0.311. The SMILES string of the molecule is CCOC(=O)[C@@H]1OC(C)(C)O[C@]12C[C@@H](COC(=O)C(C)(C)C)O[C@H](OC)[C@@H]2OC(=O)C(C)(C)C. The Kier molecular flexibility index (Phi) is 8.45. The van der Waals surface area contributed by atoms with Crippen LogP contribution in [0, 0.1) is 10.8 Å². The van der Waals surface area contributed by atoms with E-state index in [2.05, 4.69) is 0 Å². The molecule has 0 aliphatic carbocycles. The number of rotatable bonds is 6. The average Bonchev–Trinajstić information content (AvgIpc) is 2.97. The fourth-order valence-electron chi connectivity index (χ4n) is 3.86. The van der Waals surface area contributed by atoms with Crippen LogP contribution in [0.15, 0.2) is 0 Å². The summed E-state index contributed by atoms with van der Waals surface area (Å²) >= 11 is 0. The quantitative estimate of drug-likeness (QED) is 0.408. The third kappa shape index (κ3) is 6.27. The molecule has 10 heteroatoms. The molecule has 0 radical (unpaired) electrons. The third-order valence-electron chi connectivity index (χ3n) is 5.48. The Balaban J connectivity index is 2.48. The van der Waals surface area contributed by atoms with Gasteiger partial charge in [0.15, 0.2) is 29.9 Å². The summed E-state index contributed by atoms with van der Waals surface area (Å²) < 4.78 is 40.4. The van der Waals surface area contributed by atoms with Gasteiger partial charge in [0, 0.05) is 13.5 Å². The summed E-state index contributed by atoms with van der Waals surface area (Å²) in [5.74, 6) is -2.80. The molecule has 0 N–H and O–H groups in total. The highest BCUT2D eigenvalue weighted by Gasteiger charge is 2.67. The first-order chi connectivity index (χ1) is 15.5. The van der Waals surface area contributed by atoms with Gasteiger partial charge in [0.2, 0.25) is 0 Å². The van der Waals surface area contributed by atoms with Crippen LogP contribution in [-0.2, 0) is 47.5 Å². The number of esters is 3. The minimum Gasteiger partial charge on any atom is -0.464 e. The first kappa shape index (κ1) is 28.5. The van der Waals surface area contributed by atoms with E-state index in [1.165, 1.54) is 7.11 Å². The molecule has 2 aliphatic heterocycles. The summed E-state index contributed by atoms with van der Waals surface area (Å²) in [6.07, 6.45) is -4.21. The highest BCUT2D eigenvalue weighted by molar-refractivity contribution is 5.78. The molecule has 2 heterocycles. The molecule has 2 saturated heterocycles. The summed E-state index contributed by atoms with van der Waals surface area (Å²) in [4.78, 5) is 38.2. The van der Waals surface area contributed by atoms with Gasteiger partial charge >= 0.3 is 17.9 Å². The highest BCUT2D eigenvalue weighted by atomic mass is 16.8. The molecule has 0 saturated carbocycles. The van der Waals surface area contributed by atoms with Crippen LogP contribution in [0.4, 0.5) is 0 Å². The first-order valence-electron chi connectivity index (χ1n) is 11.6. The number of carbonyl (C=O) groups excluding carboxylic acids is 3. The lowest BCUT2D eigenvalue weighted by Crippen LogP contribution is -2.66. The predicted octanol–water partition coefficient (Wildman–Crippen LogP) is 2.75. The number of carbonyl (C=O) groups is 3. The molecule has 2 fully saturated rings. The Morgan fingerprint density at radius 3 is 2.06 bits per heavy atom. The van der Waals surface area contributed by atoms with Gasteiger partial charge in [-0.1, -0.05) is 0 Å². The van der Waals surface area contributed by atoms with Crippen molar-refractivity contribution in [2.45, 2.75) is 105 Å². The standard InChI is InChI=1S/C24H40O10/c1-11-29-17(25)15-24(34-23(8,9)33-15)12-14(13-30-19(26)21(2,3)4)31-18(28-10)16(24)32-20(27)22(5,6)7/h14-16,18H,11-13H2,1-10H3/t14-,15-,16-,18-,24+/m0/s1. The first-order valence-corrected chi connectivity index (χ1v) is 11.6. The van der Waals surface area contributed by atoms with Crippen molar-refractivity contribution in [2.75, 3.05) is 20.3 Å². The Morgan fingerprint density at radius 1 is 0.971 bits per heavy atom. The molecule has 1 spiro atoms. The molecule has 0 unspecified atom stereocenters. The van der Waals surface area contributed by atoms with E-state index in [-0.39, 0.29) is 19.6 Å². The molecule has 196 valence electrons. The van der Waals surface area contributed by atoms with Crippen LogP contribution in [0.25, 0.3) is 0 Å². The van der Waals surface area contributed by atoms with Crippen molar-refractivity contribution in [3.63, 3.8) is 0 Å². The maximum atomic E-state index is 13.0. The van der Waals surface area contributed by atoms with Crippen molar-refractivity contribution in [3.05, 3.63) is 0 Å². The second-order valence-corrected chi connectivity index (χ2v) is 11.2. The molecular formula is C24H40O10. The van der Waals surface area contributed by atoms with Gasteiger partial charge in [-0.05, 0) is 62.3 Å². The smallest absolute Gasteiger partial charge is 0.338 e. The van der Waals surface area contributed by atoms with Crippen molar-refractivity contribution in [1.82, 2.24) is 0 Å². The molecule has 0 amide bonds. The highest BCUT2D eigenvalue weighted by Crippen LogP contribution is 2.48. The summed E-state index contributed by atoms with van der Waals surface area (Å²) in [6.45, 7) is 15.4. The number of methoxy groups -OCH3 is 1. The second-order valence-electron chi connectivity index (χ2n) is 11.2. The van der Waals surface area contributed by atoms with Crippen molar-refractivity contribution in [3.8, 4) is 0 Å². The van der Waals surface area contributed by atoms with Gasteiger partial charge in [-0.15, -0.1) is 0 Å². The van der Waals surface area contributed by atoms with Crippen molar-refractivity contribution in [2.24, 2.45) is 10.8 Å². The maximum Gasteiger partial charge on any atom is 0.338 e. The topological polar surface area (TPSA) is 116 Å². The van der Waals surface area contributed by atoms with E-state index in [9.17, 15) is 14.4 Å². The molecule has 2 rings (SSSR count). The average molecular weight is 489 g/mol. The molecule has 0 aromatic carbocycles. The minimum absolute atomic E-state index is 0.0271. The van der Waals surface area contributed by atoms with Crippen LogP contribution in [0.1, 0.15) is 68.7 Å². The Labute approximate surface area is 201 Å². The van der Waals surface area contributed by atoms with Crippen LogP contribution in [-0.4, -0.2) is 74.2 Å². The van der Waals surface area contributed by atoms with Gasteiger partial charge in [-0.25, -0.2) is 4.79 Å². The zero-order valence-corrected chi connectivity index (χ0v) is 22.0. The monoisotopic (exact) mass is 488 g/mol. The Morgan fingerprint density at radius 2 is 1.56 bits per heavy atom. The van der Waals surface area contributed by atoms with Gasteiger partial charge in [-0.2, -0.15) is 0 Å². The summed E-state index contributed by atoms with van der Waals surface area (Å²) in [5, 5.41) is 0. The zero-order chi connectivity index (χ0) is 26.1. The summed E-state index contributed by atoms with van der Waals surface area (Å²) in [7, 11) is 1.39. The van der Waals surface area contributed by atoms with Crippen LogP contribution in [0.3, 0.4) is 0 Å². The fourth-order valence-corrected chi connectivity index (χ4v) is 3.86. The summed E-state index contributed by atoms with van der Waals surface area (Å²) in [5.41, 5.74) is -3.05. The van der Waals surface area contributed by atoms with E-state index >= 15 is 0 Å². The lowest BCUT2D eigenvalue weighted by atomic mass is 9.81. The molecule has 5 atom stereocenters. The van der Waals surface area contributed by atoms with Gasteiger partial charge in [0.1, 0.15) is 6.61 Å². The van der Waals surface area contributed by atoms with E-state index in [4.69, 9.17) is 33.2 Å². The van der Waals surface area contributed by atoms with Crippen molar-refractivity contribution >= 4 is 17.9 Å². The van der Waals surface area contributed by atoms with Crippen molar-refractivity contribution < 1.29 is 47.5 Å². The normalized spacial score (nSPS) is 31.2. The van der Waals surface area contributed by atoms with E-state index < -0.39 is 64.7 Å². The maximum absolute atomic E-state index is 13.0. The predicted molar refractivity (Wildman–Crippen MR) is 119 cm³/mol. The van der Waals surface area contributed by atoms with Gasteiger partial charge in [0.25, 0.3) is 0 Å². The minimum atomic E-state index is -1.51. The molecule has 0 aromatic heterocycles. The second kappa shape index (κ2) is 10.1. The molecular weight excluding hydrogens is 448 g/mol. The molecule has 2 aliphatic rings. The molecule has 34 heavy (non-hydrogen) atoms. The van der Waals surface area contributed by atoms with Crippen LogP contribution in [0.5, 0.6) is 0 Å². The largest absolute Gasteiger partial charge is 0.464 e. The lowest BCUT2D eigenvalue weighted by Gasteiger charge is -2.47. The Bertz CT molecular complexity index is 763. The van der Waals surface area contributed by atoms with E-state index in [0.717, 1.165) is 0 Å². The molecule has 0 aromatic rings.